The Balaban J connectivity index is 1.92. The Morgan fingerprint density at radius 2 is 2.00 bits per heavy atom. The van der Waals surface area contributed by atoms with E-state index in [1.165, 1.54) is 7.11 Å². The molecule has 1 amide bonds. The van der Waals surface area contributed by atoms with Crippen LogP contribution < -0.4 is 10.2 Å². The maximum Gasteiger partial charge on any atom is 0.337 e. The molecule has 126 valence electrons. The lowest BCUT2D eigenvalue weighted by Crippen LogP contribution is -2.21. The fraction of sp³-hybridized carbons (Fsp3) is 0.353. The molecule has 7 heteroatoms. The van der Waals surface area contributed by atoms with Crippen LogP contribution in [0, 0.1) is 6.92 Å². The molecule has 0 unspecified atom stereocenters. The second-order valence-corrected chi connectivity index (χ2v) is 5.69. The van der Waals surface area contributed by atoms with E-state index in [2.05, 4.69) is 15.4 Å². The minimum absolute atomic E-state index is 0.198. The third-order valence-corrected chi connectivity index (χ3v) is 3.97. The molecule has 24 heavy (non-hydrogen) atoms. The number of anilines is 2. The number of hydrogen-bond acceptors (Lipinski definition) is 6. The van der Waals surface area contributed by atoms with E-state index < -0.39 is 5.97 Å². The molecule has 2 aromatic rings. The summed E-state index contributed by atoms with van der Waals surface area (Å²) in [5.41, 5.74) is 2.02. The number of nitrogens with zero attached hydrogens (tertiary/aromatic N) is 2. The van der Waals surface area contributed by atoms with Gasteiger partial charge in [0.15, 0.2) is 5.69 Å². The second kappa shape index (κ2) is 6.74. The van der Waals surface area contributed by atoms with Crippen LogP contribution in [-0.2, 0) is 4.74 Å². The molecule has 1 aliphatic rings. The van der Waals surface area contributed by atoms with Gasteiger partial charge in [-0.2, -0.15) is 0 Å². The lowest BCUT2D eigenvalue weighted by atomic mass is 10.1. The summed E-state index contributed by atoms with van der Waals surface area (Å²) in [7, 11) is 1.33. The number of hydrogen-bond donors (Lipinski definition) is 1. The summed E-state index contributed by atoms with van der Waals surface area (Å²) < 4.78 is 9.69. The molecule has 2 heterocycles. The van der Waals surface area contributed by atoms with Crippen molar-refractivity contribution in [2.24, 2.45) is 0 Å². The first kappa shape index (κ1) is 16.0. The van der Waals surface area contributed by atoms with Crippen molar-refractivity contribution in [2.45, 2.75) is 19.8 Å². The van der Waals surface area contributed by atoms with Gasteiger partial charge in [-0.3, -0.25) is 4.79 Å². The number of benzene rings is 1. The molecule has 1 aromatic carbocycles. The Hall–Kier alpha value is -2.83. The van der Waals surface area contributed by atoms with Crippen molar-refractivity contribution in [1.29, 1.82) is 0 Å². The third-order valence-electron chi connectivity index (χ3n) is 3.97. The van der Waals surface area contributed by atoms with Gasteiger partial charge in [-0.05, 0) is 38.0 Å². The normalized spacial score (nSPS) is 13.8. The predicted octanol–water partition coefficient (Wildman–Crippen LogP) is 2.62. The fourth-order valence-corrected chi connectivity index (χ4v) is 2.77. The lowest BCUT2D eigenvalue weighted by molar-refractivity contribution is 0.0600. The smallest absolute Gasteiger partial charge is 0.337 e. The zero-order chi connectivity index (χ0) is 17.1. The highest BCUT2D eigenvalue weighted by molar-refractivity contribution is 6.05. The summed E-state index contributed by atoms with van der Waals surface area (Å²) in [6.07, 6.45) is 2.21. The number of aromatic nitrogens is 1. The molecule has 1 fully saturated rings. The first-order chi connectivity index (χ1) is 11.6. The average molecular weight is 329 g/mol. The van der Waals surface area contributed by atoms with E-state index in [1.807, 2.05) is 6.07 Å². The maximum absolute atomic E-state index is 12.4. The van der Waals surface area contributed by atoms with Gasteiger partial charge in [0.2, 0.25) is 0 Å². The van der Waals surface area contributed by atoms with Crippen molar-refractivity contribution in [2.75, 3.05) is 30.4 Å². The van der Waals surface area contributed by atoms with Crippen LogP contribution in [0.2, 0.25) is 0 Å². The summed E-state index contributed by atoms with van der Waals surface area (Å²) in [5, 5.41) is 6.55. The van der Waals surface area contributed by atoms with E-state index in [0.29, 0.717) is 17.0 Å². The molecule has 1 aromatic heterocycles. The minimum Gasteiger partial charge on any atom is -0.465 e. The third kappa shape index (κ3) is 3.24. The van der Waals surface area contributed by atoms with Crippen molar-refractivity contribution in [1.82, 2.24) is 5.16 Å². The van der Waals surface area contributed by atoms with Gasteiger partial charge in [0.05, 0.1) is 24.0 Å². The Morgan fingerprint density at radius 1 is 1.25 bits per heavy atom. The molecule has 0 spiro atoms. The molecule has 0 radical (unpaired) electrons. The van der Waals surface area contributed by atoms with E-state index in [0.717, 1.165) is 31.6 Å². The quantitative estimate of drug-likeness (QED) is 0.868. The van der Waals surface area contributed by atoms with Gasteiger partial charge in [0.25, 0.3) is 5.91 Å². The summed E-state index contributed by atoms with van der Waals surface area (Å²) in [6.45, 7) is 3.56. The maximum atomic E-state index is 12.4. The van der Waals surface area contributed by atoms with E-state index in [9.17, 15) is 9.59 Å². The topological polar surface area (TPSA) is 84.7 Å². The Kier molecular flexibility index (Phi) is 4.50. The Bertz CT molecular complexity index is 763. The second-order valence-electron chi connectivity index (χ2n) is 5.69. The number of amides is 1. The van der Waals surface area contributed by atoms with Crippen LogP contribution in [0.4, 0.5) is 11.4 Å². The number of methoxy groups -OCH3 is 1. The minimum atomic E-state index is -0.448. The van der Waals surface area contributed by atoms with Gasteiger partial charge in [0.1, 0.15) is 5.76 Å². The van der Waals surface area contributed by atoms with Crippen molar-refractivity contribution >= 4 is 23.3 Å². The molecular formula is C17H19N3O4. The Labute approximate surface area is 139 Å². The number of carbonyl (C=O) groups is 2. The number of rotatable bonds is 4. The number of carbonyl (C=O) groups excluding carboxylic acids is 2. The zero-order valence-electron chi connectivity index (χ0n) is 13.7. The number of aryl methyl sites for hydroxylation is 1. The van der Waals surface area contributed by atoms with Crippen LogP contribution in [0.15, 0.2) is 28.8 Å². The van der Waals surface area contributed by atoms with Crippen LogP contribution in [-0.4, -0.2) is 37.2 Å². The van der Waals surface area contributed by atoms with E-state index in [1.54, 1.807) is 25.1 Å². The van der Waals surface area contributed by atoms with Gasteiger partial charge >= 0.3 is 5.97 Å². The average Bonchev–Trinajstić information content (AvgIpc) is 3.25. The molecule has 1 saturated heterocycles. The van der Waals surface area contributed by atoms with Gasteiger partial charge in [-0.25, -0.2) is 4.79 Å². The van der Waals surface area contributed by atoms with Crippen LogP contribution in [0.25, 0.3) is 0 Å². The van der Waals surface area contributed by atoms with Gasteiger partial charge < -0.3 is 19.5 Å². The van der Waals surface area contributed by atoms with Crippen molar-refractivity contribution < 1.29 is 18.8 Å². The molecule has 0 bridgehead atoms. The summed E-state index contributed by atoms with van der Waals surface area (Å²) in [5.74, 6) is -0.270. The first-order valence-electron chi connectivity index (χ1n) is 7.80. The van der Waals surface area contributed by atoms with Crippen LogP contribution in [0.5, 0.6) is 0 Å². The van der Waals surface area contributed by atoms with Crippen LogP contribution in [0.3, 0.4) is 0 Å². The molecule has 1 aliphatic heterocycles. The summed E-state index contributed by atoms with van der Waals surface area (Å²) in [4.78, 5) is 26.3. The molecule has 0 atom stereocenters. The highest BCUT2D eigenvalue weighted by Gasteiger charge is 2.20. The molecule has 7 nitrogen and oxygen atoms in total. The van der Waals surface area contributed by atoms with Crippen molar-refractivity contribution in [3.05, 3.63) is 41.3 Å². The molecule has 0 aliphatic carbocycles. The zero-order valence-corrected chi connectivity index (χ0v) is 13.7. The number of esters is 1. The molecule has 0 saturated carbocycles. The van der Waals surface area contributed by atoms with Gasteiger partial charge in [-0.15, -0.1) is 0 Å². The summed E-state index contributed by atoms with van der Waals surface area (Å²) >= 11 is 0. The lowest BCUT2D eigenvalue weighted by Gasteiger charge is -2.22. The Morgan fingerprint density at radius 3 is 2.62 bits per heavy atom. The largest absolute Gasteiger partial charge is 0.465 e. The summed E-state index contributed by atoms with van der Waals surface area (Å²) in [6, 6.07) is 6.73. The monoisotopic (exact) mass is 329 g/mol. The molecule has 3 rings (SSSR count). The van der Waals surface area contributed by atoms with Crippen LogP contribution >= 0.6 is 0 Å². The van der Waals surface area contributed by atoms with Crippen molar-refractivity contribution in [3.63, 3.8) is 0 Å². The fourth-order valence-electron chi connectivity index (χ4n) is 2.77. The van der Waals surface area contributed by atoms with Crippen LogP contribution in [0.1, 0.15) is 39.4 Å². The SMILES string of the molecule is COC(=O)c1ccc(N2CCCC2)c(NC(=O)c2cc(C)on2)c1. The molecular weight excluding hydrogens is 310 g/mol. The molecule has 1 N–H and O–H groups in total. The predicted molar refractivity (Wildman–Crippen MR) is 88.4 cm³/mol. The van der Waals surface area contributed by atoms with Crippen molar-refractivity contribution in [3.8, 4) is 0 Å². The van der Waals surface area contributed by atoms with Gasteiger partial charge in [0, 0.05) is 19.2 Å². The highest BCUT2D eigenvalue weighted by atomic mass is 16.5. The van der Waals surface area contributed by atoms with E-state index in [-0.39, 0.29) is 11.6 Å². The first-order valence-corrected chi connectivity index (χ1v) is 7.80. The highest BCUT2D eigenvalue weighted by Crippen LogP contribution is 2.30. The number of ether oxygens (including phenoxy) is 1. The van der Waals surface area contributed by atoms with E-state index in [4.69, 9.17) is 9.26 Å². The van der Waals surface area contributed by atoms with Gasteiger partial charge in [-0.1, -0.05) is 5.16 Å². The standard InChI is InChI=1S/C17H19N3O4/c1-11-9-14(19-24-11)16(21)18-13-10-12(17(22)23-2)5-6-15(13)20-7-3-4-8-20/h5-6,9-10H,3-4,7-8H2,1-2H3,(H,18,21). The van der Waals surface area contributed by atoms with E-state index >= 15 is 0 Å². The number of nitrogens with one attached hydrogen (secondary N) is 1.